The highest BCUT2D eigenvalue weighted by Gasteiger charge is 2.22. The minimum Gasteiger partial charge on any atom is -0.377 e. The van der Waals surface area contributed by atoms with E-state index >= 15 is 0 Å². The van der Waals surface area contributed by atoms with E-state index in [1.807, 2.05) is 0 Å². The van der Waals surface area contributed by atoms with Gasteiger partial charge in [0.15, 0.2) is 0 Å². The third kappa shape index (κ3) is 4.43. The molecule has 2 unspecified atom stereocenters. The van der Waals surface area contributed by atoms with Crippen molar-refractivity contribution in [3.8, 4) is 0 Å². The molecular formula is C12H25NO. The molecule has 0 aromatic rings. The van der Waals surface area contributed by atoms with Gasteiger partial charge in [-0.15, -0.1) is 0 Å². The normalized spacial score (nSPS) is 27.4. The topological polar surface area (TPSA) is 21.3 Å². The Kier molecular flexibility index (Phi) is 5.49. The molecular weight excluding hydrogens is 174 g/mol. The van der Waals surface area contributed by atoms with E-state index in [-0.39, 0.29) is 0 Å². The molecule has 1 N–H and O–H groups in total. The molecule has 0 bridgehead atoms. The molecule has 2 atom stereocenters. The summed E-state index contributed by atoms with van der Waals surface area (Å²) >= 11 is 0. The first-order chi connectivity index (χ1) is 6.70. The second-order valence-electron chi connectivity index (χ2n) is 4.81. The molecule has 2 nitrogen and oxygen atoms in total. The smallest absolute Gasteiger partial charge is 0.0700 e. The van der Waals surface area contributed by atoms with E-state index in [2.05, 4.69) is 26.1 Å². The van der Waals surface area contributed by atoms with Crippen LogP contribution >= 0.6 is 0 Å². The monoisotopic (exact) mass is 199 g/mol. The lowest BCUT2D eigenvalue weighted by molar-refractivity contribution is 0.113. The fourth-order valence-electron chi connectivity index (χ4n) is 1.96. The van der Waals surface area contributed by atoms with Crippen molar-refractivity contribution < 1.29 is 4.74 Å². The number of ether oxygens (including phenoxy) is 1. The molecule has 84 valence electrons. The van der Waals surface area contributed by atoms with E-state index < -0.39 is 0 Å². The first-order valence-electron chi connectivity index (χ1n) is 6.05. The third-order valence-electron chi connectivity index (χ3n) is 2.99. The van der Waals surface area contributed by atoms with Crippen LogP contribution in [0.2, 0.25) is 0 Å². The summed E-state index contributed by atoms with van der Waals surface area (Å²) in [7, 11) is 0. The Bertz CT molecular complexity index is 147. The van der Waals surface area contributed by atoms with E-state index in [1.165, 1.54) is 25.7 Å². The van der Waals surface area contributed by atoms with Crippen LogP contribution in [0.15, 0.2) is 0 Å². The van der Waals surface area contributed by atoms with E-state index in [9.17, 15) is 0 Å². The summed E-state index contributed by atoms with van der Waals surface area (Å²) in [5.74, 6) is 0.851. The van der Waals surface area contributed by atoms with Crippen LogP contribution in [-0.2, 0) is 4.74 Å². The zero-order chi connectivity index (χ0) is 10.4. The first-order valence-corrected chi connectivity index (χ1v) is 6.05. The molecule has 1 aliphatic rings. The lowest BCUT2D eigenvalue weighted by Gasteiger charge is -2.15. The van der Waals surface area contributed by atoms with Crippen LogP contribution in [-0.4, -0.2) is 25.3 Å². The molecule has 0 aromatic carbocycles. The van der Waals surface area contributed by atoms with Gasteiger partial charge in [0, 0.05) is 12.6 Å². The van der Waals surface area contributed by atoms with Gasteiger partial charge in [0.1, 0.15) is 0 Å². The second kappa shape index (κ2) is 6.41. The zero-order valence-electron chi connectivity index (χ0n) is 9.88. The van der Waals surface area contributed by atoms with Crippen LogP contribution in [0.1, 0.15) is 46.5 Å². The number of hydrogen-bond donors (Lipinski definition) is 1. The van der Waals surface area contributed by atoms with E-state index in [0.717, 1.165) is 19.1 Å². The molecule has 0 aliphatic carbocycles. The lowest BCUT2D eigenvalue weighted by Crippen LogP contribution is -2.35. The Labute approximate surface area is 88.4 Å². The van der Waals surface area contributed by atoms with Crippen molar-refractivity contribution in [1.29, 1.82) is 0 Å². The van der Waals surface area contributed by atoms with Gasteiger partial charge in [-0.2, -0.15) is 0 Å². The maximum Gasteiger partial charge on any atom is 0.0700 e. The van der Waals surface area contributed by atoms with Crippen molar-refractivity contribution in [3.05, 3.63) is 0 Å². The minimum absolute atomic E-state index is 0.417. The highest BCUT2D eigenvalue weighted by molar-refractivity contribution is 4.78. The van der Waals surface area contributed by atoms with Crippen molar-refractivity contribution in [2.75, 3.05) is 13.2 Å². The fraction of sp³-hybridized carbons (Fsp3) is 1.00. The number of rotatable bonds is 6. The largest absolute Gasteiger partial charge is 0.377 e. The lowest BCUT2D eigenvalue weighted by atomic mass is 10.1. The summed E-state index contributed by atoms with van der Waals surface area (Å²) in [4.78, 5) is 0. The number of unbranched alkanes of at least 4 members (excludes halogenated alkanes) is 1. The molecule has 0 aromatic heterocycles. The fourth-order valence-corrected chi connectivity index (χ4v) is 1.96. The maximum absolute atomic E-state index is 5.50. The van der Waals surface area contributed by atoms with Crippen LogP contribution in [0, 0.1) is 5.92 Å². The van der Waals surface area contributed by atoms with Crippen LogP contribution in [0.3, 0.4) is 0 Å². The molecule has 1 fully saturated rings. The van der Waals surface area contributed by atoms with Crippen molar-refractivity contribution in [3.63, 3.8) is 0 Å². The minimum atomic E-state index is 0.417. The van der Waals surface area contributed by atoms with Gasteiger partial charge in [0.25, 0.3) is 0 Å². The molecule has 1 heterocycles. The SMILES string of the molecule is CC(C)CCCCNC1CCOC1C. The summed E-state index contributed by atoms with van der Waals surface area (Å²) in [6, 6.07) is 0.606. The van der Waals surface area contributed by atoms with Gasteiger partial charge >= 0.3 is 0 Å². The Hall–Kier alpha value is -0.0800. The van der Waals surface area contributed by atoms with Crippen molar-refractivity contribution >= 4 is 0 Å². The third-order valence-corrected chi connectivity index (χ3v) is 2.99. The van der Waals surface area contributed by atoms with Gasteiger partial charge < -0.3 is 10.1 Å². The van der Waals surface area contributed by atoms with Crippen LogP contribution in [0.4, 0.5) is 0 Å². The van der Waals surface area contributed by atoms with Gasteiger partial charge in [0.2, 0.25) is 0 Å². The molecule has 0 amide bonds. The molecule has 1 rings (SSSR count). The summed E-state index contributed by atoms with van der Waals surface area (Å²) in [5.41, 5.74) is 0. The maximum atomic E-state index is 5.50. The predicted octanol–water partition coefficient (Wildman–Crippen LogP) is 2.58. The van der Waals surface area contributed by atoms with Crippen LogP contribution in [0.25, 0.3) is 0 Å². The molecule has 2 heteroatoms. The molecule has 1 saturated heterocycles. The van der Waals surface area contributed by atoms with E-state index in [1.54, 1.807) is 0 Å². The molecule has 1 aliphatic heterocycles. The molecule has 14 heavy (non-hydrogen) atoms. The Morgan fingerprint density at radius 3 is 2.71 bits per heavy atom. The molecule has 0 spiro atoms. The Morgan fingerprint density at radius 1 is 1.36 bits per heavy atom. The van der Waals surface area contributed by atoms with Gasteiger partial charge in [-0.25, -0.2) is 0 Å². The van der Waals surface area contributed by atoms with Gasteiger partial charge in [-0.3, -0.25) is 0 Å². The first kappa shape index (κ1) is 12.0. The summed E-state index contributed by atoms with van der Waals surface area (Å²) in [6.45, 7) is 8.84. The van der Waals surface area contributed by atoms with E-state index in [4.69, 9.17) is 4.74 Å². The summed E-state index contributed by atoms with van der Waals surface area (Å²) in [6.07, 6.45) is 5.62. The van der Waals surface area contributed by atoms with Gasteiger partial charge in [-0.1, -0.05) is 26.7 Å². The highest BCUT2D eigenvalue weighted by Crippen LogP contribution is 2.12. The van der Waals surface area contributed by atoms with Crippen molar-refractivity contribution in [1.82, 2.24) is 5.32 Å². The van der Waals surface area contributed by atoms with Gasteiger partial charge in [-0.05, 0) is 32.2 Å². The standard InChI is InChI=1S/C12H25NO/c1-10(2)6-4-5-8-13-12-7-9-14-11(12)3/h10-13H,4-9H2,1-3H3. The zero-order valence-corrected chi connectivity index (χ0v) is 9.88. The van der Waals surface area contributed by atoms with E-state index in [0.29, 0.717) is 12.1 Å². The summed E-state index contributed by atoms with van der Waals surface area (Å²) < 4.78 is 5.50. The van der Waals surface area contributed by atoms with Crippen molar-refractivity contribution in [2.45, 2.75) is 58.6 Å². The summed E-state index contributed by atoms with van der Waals surface area (Å²) in [5, 5.41) is 3.58. The Balaban J connectivity index is 1.93. The second-order valence-corrected chi connectivity index (χ2v) is 4.81. The predicted molar refractivity (Wildman–Crippen MR) is 60.5 cm³/mol. The van der Waals surface area contributed by atoms with Gasteiger partial charge in [0.05, 0.1) is 6.10 Å². The average molecular weight is 199 g/mol. The molecule has 0 saturated carbocycles. The van der Waals surface area contributed by atoms with Crippen LogP contribution < -0.4 is 5.32 Å². The number of hydrogen-bond acceptors (Lipinski definition) is 2. The number of nitrogens with one attached hydrogen (secondary N) is 1. The Morgan fingerprint density at radius 2 is 2.14 bits per heavy atom. The highest BCUT2D eigenvalue weighted by atomic mass is 16.5. The van der Waals surface area contributed by atoms with Crippen molar-refractivity contribution in [2.24, 2.45) is 5.92 Å². The van der Waals surface area contributed by atoms with Crippen LogP contribution in [0.5, 0.6) is 0 Å². The molecule has 0 radical (unpaired) electrons. The quantitative estimate of drug-likeness (QED) is 0.664. The average Bonchev–Trinajstić information content (AvgIpc) is 2.51.